The Balaban J connectivity index is 1.65. The van der Waals surface area contributed by atoms with Crippen molar-refractivity contribution in [2.24, 2.45) is 0 Å². The lowest BCUT2D eigenvalue weighted by Crippen LogP contribution is -2.34. The summed E-state index contributed by atoms with van der Waals surface area (Å²) in [6.07, 6.45) is 2.96. The third-order valence-corrected chi connectivity index (χ3v) is 8.22. The summed E-state index contributed by atoms with van der Waals surface area (Å²) >= 11 is 0. The van der Waals surface area contributed by atoms with Gasteiger partial charge in [-0.25, -0.2) is 17.2 Å². The van der Waals surface area contributed by atoms with Gasteiger partial charge >= 0.3 is 6.09 Å². The number of amides is 1. The summed E-state index contributed by atoms with van der Waals surface area (Å²) in [5, 5.41) is 13.6. The van der Waals surface area contributed by atoms with Crippen LogP contribution in [0.15, 0.2) is 65.8 Å². The molecule has 0 bridgehead atoms. The fourth-order valence-electron chi connectivity index (χ4n) is 4.80. The van der Waals surface area contributed by atoms with E-state index in [1.807, 2.05) is 32.9 Å². The SMILES string of the molecule is C[C@@H](O)c1cnc(-c2cc3c4c(ccc3n2S(=O)(=O)c2ccccc2)[C@H](NC(=O)OC(C)(C)C)CC4)cn1. The normalized spacial score (nSPS) is 16.3. The molecular formula is C28H30N4O5S. The average molecular weight is 535 g/mol. The van der Waals surface area contributed by atoms with Gasteiger partial charge in [0.15, 0.2) is 0 Å². The molecule has 0 fully saturated rings. The van der Waals surface area contributed by atoms with Gasteiger partial charge < -0.3 is 15.2 Å². The van der Waals surface area contributed by atoms with Crippen molar-refractivity contribution in [1.29, 1.82) is 0 Å². The lowest BCUT2D eigenvalue weighted by molar-refractivity contribution is 0.0503. The number of carbonyl (C=O) groups is 1. The molecule has 0 aliphatic heterocycles. The number of aliphatic hydroxyl groups excluding tert-OH is 1. The van der Waals surface area contributed by atoms with Gasteiger partial charge in [-0.05, 0) is 75.9 Å². The molecule has 2 atom stereocenters. The summed E-state index contributed by atoms with van der Waals surface area (Å²) < 4.78 is 34.6. The molecule has 38 heavy (non-hydrogen) atoms. The molecule has 2 N–H and O–H groups in total. The molecule has 0 spiro atoms. The van der Waals surface area contributed by atoms with E-state index in [9.17, 15) is 18.3 Å². The van der Waals surface area contributed by atoms with Crippen molar-refractivity contribution in [3.8, 4) is 11.4 Å². The highest BCUT2D eigenvalue weighted by atomic mass is 32.2. The number of ether oxygens (including phenoxy) is 1. The van der Waals surface area contributed by atoms with Crippen molar-refractivity contribution < 1.29 is 23.1 Å². The Labute approximate surface area is 221 Å². The van der Waals surface area contributed by atoms with E-state index in [2.05, 4.69) is 15.3 Å². The Morgan fingerprint density at radius 3 is 2.50 bits per heavy atom. The highest BCUT2D eigenvalue weighted by Gasteiger charge is 2.31. The van der Waals surface area contributed by atoms with Gasteiger partial charge in [-0.1, -0.05) is 24.3 Å². The second-order valence-corrected chi connectivity index (χ2v) is 12.2. The maximum atomic E-state index is 13.9. The number of carbonyl (C=O) groups excluding carboxylic acids is 1. The van der Waals surface area contributed by atoms with Crippen LogP contribution >= 0.6 is 0 Å². The van der Waals surface area contributed by atoms with E-state index in [0.29, 0.717) is 35.4 Å². The molecule has 1 amide bonds. The molecule has 2 aromatic heterocycles. The Kier molecular flexibility index (Phi) is 6.48. The van der Waals surface area contributed by atoms with Crippen LogP contribution in [0.25, 0.3) is 22.3 Å². The Morgan fingerprint density at radius 2 is 1.87 bits per heavy atom. The molecule has 0 saturated heterocycles. The summed E-state index contributed by atoms with van der Waals surface area (Å²) in [4.78, 5) is 21.3. The van der Waals surface area contributed by atoms with Crippen LogP contribution in [0.2, 0.25) is 0 Å². The van der Waals surface area contributed by atoms with Gasteiger partial charge in [0.05, 0.1) is 46.3 Å². The molecule has 4 aromatic rings. The van der Waals surface area contributed by atoms with E-state index in [0.717, 1.165) is 16.5 Å². The number of nitrogens with one attached hydrogen (secondary N) is 1. The third-order valence-electron chi connectivity index (χ3n) is 6.48. The molecule has 2 aromatic carbocycles. The molecule has 198 valence electrons. The van der Waals surface area contributed by atoms with Crippen LogP contribution in [0.5, 0.6) is 0 Å². The second-order valence-electron chi connectivity index (χ2n) is 10.4. The lowest BCUT2D eigenvalue weighted by Gasteiger charge is -2.22. The van der Waals surface area contributed by atoms with Crippen LogP contribution in [0, 0.1) is 0 Å². The summed E-state index contributed by atoms with van der Waals surface area (Å²) in [6, 6.07) is 13.4. The molecule has 1 aliphatic rings. The maximum Gasteiger partial charge on any atom is 0.408 e. The van der Waals surface area contributed by atoms with Crippen molar-refractivity contribution in [1.82, 2.24) is 19.3 Å². The molecule has 1 aliphatic carbocycles. The number of benzene rings is 2. The van der Waals surface area contributed by atoms with E-state index in [1.165, 1.54) is 16.4 Å². The first-order valence-electron chi connectivity index (χ1n) is 12.4. The van der Waals surface area contributed by atoms with Gasteiger partial charge in [0.1, 0.15) is 11.3 Å². The number of alkyl carbamates (subject to hydrolysis) is 1. The van der Waals surface area contributed by atoms with E-state index in [1.54, 1.807) is 43.3 Å². The minimum absolute atomic E-state index is 0.150. The second kappa shape index (κ2) is 9.52. The van der Waals surface area contributed by atoms with Gasteiger partial charge in [-0.3, -0.25) is 9.97 Å². The van der Waals surface area contributed by atoms with E-state index in [4.69, 9.17) is 4.74 Å². The zero-order chi connectivity index (χ0) is 27.2. The molecule has 0 saturated carbocycles. The van der Waals surface area contributed by atoms with E-state index >= 15 is 0 Å². The molecule has 5 rings (SSSR count). The van der Waals surface area contributed by atoms with Gasteiger partial charge in [0.25, 0.3) is 10.0 Å². The highest BCUT2D eigenvalue weighted by molar-refractivity contribution is 7.90. The van der Waals surface area contributed by atoms with Crippen LogP contribution in [0.3, 0.4) is 0 Å². The Hall–Kier alpha value is -3.76. The molecule has 0 radical (unpaired) electrons. The largest absolute Gasteiger partial charge is 0.444 e. The molecule has 2 heterocycles. The number of fused-ring (bicyclic) bond motifs is 3. The van der Waals surface area contributed by atoms with Gasteiger partial charge in [0.2, 0.25) is 0 Å². The number of hydrogen-bond acceptors (Lipinski definition) is 7. The Bertz CT molecular complexity index is 1610. The van der Waals surface area contributed by atoms with Gasteiger partial charge in [-0.2, -0.15) is 0 Å². The number of aromatic nitrogens is 3. The summed E-state index contributed by atoms with van der Waals surface area (Å²) in [5.74, 6) is 0. The number of nitrogens with zero attached hydrogens (tertiary/aromatic N) is 3. The predicted molar refractivity (Wildman–Crippen MR) is 143 cm³/mol. The van der Waals surface area contributed by atoms with Crippen LogP contribution in [-0.4, -0.2) is 39.2 Å². The topological polar surface area (TPSA) is 123 Å². The number of hydrogen-bond donors (Lipinski definition) is 2. The summed E-state index contributed by atoms with van der Waals surface area (Å²) in [7, 11) is -3.99. The molecule has 10 heteroatoms. The minimum Gasteiger partial charge on any atom is -0.444 e. The van der Waals surface area contributed by atoms with Crippen molar-refractivity contribution in [2.45, 2.75) is 63.2 Å². The average Bonchev–Trinajstić information content (AvgIpc) is 3.45. The first kappa shape index (κ1) is 25.9. The van der Waals surface area contributed by atoms with Gasteiger partial charge in [-0.15, -0.1) is 0 Å². The maximum absolute atomic E-state index is 13.9. The lowest BCUT2D eigenvalue weighted by atomic mass is 10.0. The number of rotatable bonds is 5. The number of aliphatic hydroxyl groups is 1. The smallest absolute Gasteiger partial charge is 0.408 e. The van der Waals surface area contributed by atoms with Crippen molar-refractivity contribution >= 4 is 27.0 Å². The first-order chi connectivity index (χ1) is 18.0. The van der Waals surface area contributed by atoms with Crippen molar-refractivity contribution in [3.63, 3.8) is 0 Å². The van der Waals surface area contributed by atoms with Crippen molar-refractivity contribution in [3.05, 3.63) is 77.7 Å². The fraction of sp³-hybridized carbons (Fsp3) is 0.321. The molecule has 9 nitrogen and oxygen atoms in total. The molecule has 0 unspecified atom stereocenters. The van der Waals surface area contributed by atoms with E-state index in [-0.39, 0.29) is 10.9 Å². The van der Waals surface area contributed by atoms with E-state index < -0.39 is 27.8 Å². The van der Waals surface area contributed by atoms with Crippen LogP contribution in [0.4, 0.5) is 4.79 Å². The third kappa shape index (κ3) is 4.77. The summed E-state index contributed by atoms with van der Waals surface area (Å²) in [6.45, 7) is 7.03. The Morgan fingerprint density at radius 1 is 1.13 bits per heavy atom. The predicted octanol–water partition coefficient (Wildman–Crippen LogP) is 4.90. The zero-order valence-corrected chi connectivity index (χ0v) is 22.5. The minimum atomic E-state index is -3.99. The fourth-order valence-corrected chi connectivity index (χ4v) is 6.34. The first-order valence-corrected chi connectivity index (χ1v) is 13.9. The molecular weight excluding hydrogens is 504 g/mol. The number of aryl methyl sites for hydroxylation is 1. The van der Waals surface area contributed by atoms with Crippen LogP contribution < -0.4 is 5.32 Å². The monoisotopic (exact) mass is 534 g/mol. The highest BCUT2D eigenvalue weighted by Crippen LogP contribution is 2.40. The standard InChI is InChI=1S/C28H30N4O5S/c1-17(33)23-15-30-24(16-29-23)26-14-21-19-10-12-22(31-27(34)37-28(2,3)4)20(19)11-13-25(21)32(26)38(35,36)18-8-6-5-7-9-18/h5-9,11,13-17,22,33H,10,12H2,1-4H3,(H,31,34)/t17-,22-/m1/s1. The van der Waals surface area contributed by atoms with Crippen LogP contribution in [0.1, 0.15) is 63.1 Å². The van der Waals surface area contributed by atoms with Crippen LogP contribution in [-0.2, 0) is 21.2 Å². The summed E-state index contributed by atoms with van der Waals surface area (Å²) in [5.41, 5.74) is 2.92. The zero-order valence-electron chi connectivity index (χ0n) is 21.7. The quantitative estimate of drug-likeness (QED) is 0.373. The van der Waals surface area contributed by atoms with Crippen molar-refractivity contribution in [2.75, 3.05) is 0 Å². The van der Waals surface area contributed by atoms with Gasteiger partial charge in [0, 0.05) is 5.39 Å².